The second-order valence-corrected chi connectivity index (χ2v) is 9.27. The second kappa shape index (κ2) is 8.50. The molecule has 0 bridgehead atoms. The van der Waals surface area contributed by atoms with Gasteiger partial charge in [-0.3, -0.25) is 14.9 Å². The molecule has 0 aliphatic carbocycles. The maximum absolute atomic E-state index is 13.2. The highest BCUT2D eigenvalue weighted by molar-refractivity contribution is 6.50. The van der Waals surface area contributed by atoms with Gasteiger partial charge in [-0.1, -0.05) is 18.2 Å². The molecule has 34 heavy (non-hydrogen) atoms. The number of anilines is 1. The lowest BCUT2D eigenvalue weighted by Gasteiger charge is -2.13. The number of rotatable bonds is 7. The molecule has 2 amide bonds. The van der Waals surface area contributed by atoms with Crippen LogP contribution in [0.1, 0.15) is 17.5 Å². The van der Waals surface area contributed by atoms with Crippen molar-refractivity contribution in [1.29, 1.82) is 0 Å². The molecule has 2 aromatic heterocycles. The van der Waals surface area contributed by atoms with Gasteiger partial charge < -0.3 is 19.4 Å². The van der Waals surface area contributed by atoms with Crippen molar-refractivity contribution >= 4 is 50.5 Å². The van der Waals surface area contributed by atoms with Gasteiger partial charge in [0.1, 0.15) is 0 Å². The summed E-state index contributed by atoms with van der Waals surface area (Å²) in [6.07, 6.45) is 4.83. The number of carbonyl (C=O) groups is 2. The van der Waals surface area contributed by atoms with E-state index in [1.165, 1.54) is 0 Å². The number of H-pyrrole nitrogens is 1. The number of imide groups is 1. The number of aromatic nitrogens is 2. The van der Waals surface area contributed by atoms with E-state index in [9.17, 15) is 9.59 Å². The van der Waals surface area contributed by atoms with Gasteiger partial charge in [0.25, 0.3) is 11.8 Å². The van der Waals surface area contributed by atoms with Crippen molar-refractivity contribution < 1.29 is 9.59 Å². The first-order valence-corrected chi connectivity index (χ1v) is 11.5. The maximum atomic E-state index is 13.2. The lowest BCUT2D eigenvalue weighted by Crippen LogP contribution is -2.22. The van der Waals surface area contributed by atoms with E-state index in [2.05, 4.69) is 52.1 Å². The number of hydrogen-bond donors (Lipinski definition) is 2. The third-order valence-electron chi connectivity index (χ3n) is 6.44. The first kappa shape index (κ1) is 22.0. The van der Waals surface area contributed by atoms with Crippen LogP contribution in [0.3, 0.4) is 0 Å². The normalized spacial score (nSPS) is 14.1. The molecule has 1 aliphatic heterocycles. The van der Waals surface area contributed by atoms with E-state index in [1.54, 1.807) is 0 Å². The highest BCUT2D eigenvalue weighted by Crippen LogP contribution is 2.39. The van der Waals surface area contributed by atoms with E-state index < -0.39 is 0 Å². The zero-order valence-electron chi connectivity index (χ0n) is 20.0. The molecule has 7 heteroatoms. The quantitative estimate of drug-likeness (QED) is 0.417. The van der Waals surface area contributed by atoms with E-state index in [0.29, 0.717) is 11.1 Å². The number of amides is 2. The molecule has 4 aromatic rings. The number of benzene rings is 2. The van der Waals surface area contributed by atoms with Crippen molar-refractivity contribution in [1.82, 2.24) is 19.8 Å². The molecular weight excluding hydrogens is 426 g/mol. The topological polar surface area (TPSA) is 73.4 Å². The van der Waals surface area contributed by atoms with Crippen LogP contribution in [0.15, 0.2) is 54.9 Å². The van der Waals surface area contributed by atoms with Crippen molar-refractivity contribution in [3.63, 3.8) is 0 Å². The smallest absolute Gasteiger partial charge is 0.259 e. The third kappa shape index (κ3) is 3.68. The SMILES string of the molecule is CN(C)CCCn1cc(C2=C(c3c[nH]c4ccccc34)C(=O)NC2=O)c2cc(N(C)C)ccc21. The van der Waals surface area contributed by atoms with Gasteiger partial charge in [-0.15, -0.1) is 0 Å². The van der Waals surface area contributed by atoms with Gasteiger partial charge in [0, 0.05) is 71.7 Å². The van der Waals surface area contributed by atoms with Crippen molar-refractivity contribution in [2.75, 3.05) is 39.6 Å². The molecule has 3 heterocycles. The number of carbonyl (C=O) groups excluding carboxylic acids is 2. The number of nitrogens with zero attached hydrogens (tertiary/aromatic N) is 3. The van der Waals surface area contributed by atoms with Crippen LogP contribution in [0.4, 0.5) is 5.69 Å². The monoisotopic (exact) mass is 455 g/mol. The molecule has 0 fully saturated rings. The first-order valence-electron chi connectivity index (χ1n) is 11.5. The number of para-hydroxylation sites is 1. The molecule has 0 saturated heterocycles. The third-order valence-corrected chi connectivity index (χ3v) is 6.44. The van der Waals surface area contributed by atoms with Gasteiger partial charge in [-0.2, -0.15) is 0 Å². The maximum Gasteiger partial charge on any atom is 0.259 e. The number of nitrogens with one attached hydrogen (secondary N) is 2. The summed E-state index contributed by atoms with van der Waals surface area (Å²) in [6.45, 7) is 1.79. The predicted molar refractivity (Wildman–Crippen MR) is 138 cm³/mol. The Morgan fingerprint density at radius 1 is 0.882 bits per heavy atom. The standard InChI is InChI=1S/C27H29N5O2/c1-30(2)12-7-13-32-16-21(19-14-17(31(3)4)10-11-23(19)32)25-24(26(33)29-27(25)34)20-15-28-22-9-6-5-8-18(20)22/h5-6,8-11,14-16,28H,7,12-13H2,1-4H3,(H,29,33,34). The number of aromatic amines is 1. The minimum atomic E-state index is -0.359. The Morgan fingerprint density at radius 2 is 1.62 bits per heavy atom. The van der Waals surface area contributed by atoms with Crippen LogP contribution in [0.5, 0.6) is 0 Å². The van der Waals surface area contributed by atoms with E-state index in [-0.39, 0.29) is 11.8 Å². The largest absolute Gasteiger partial charge is 0.378 e. The summed E-state index contributed by atoms with van der Waals surface area (Å²) in [4.78, 5) is 33.7. The fourth-order valence-corrected chi connectivity index (χ4v) is 4.75. The fourth-order valence-electron chi connectivity index (χ4n) is 4.75. The second-order valence-electron chi connectivity index (χ2n) is 9.27. The molecular formula is C27H29N5O2. The Morgan fingerprint density at radius 3 is 2.35 bits per heavy atom. The summed E-state index contributed by atoms with van der Waals surface area (Å²) < 4.78 is 2.20. The summed E-state index contributed by atoms with van der Waals surface area (Å²) >= 11 is 0. The Bertz CT molecular complexity index is 1450. The summed E-state index contributed by atoms with van der Waals surface area (Å²) in [5.74, 6) is -0.713. The lowest BCUT2D eigenvalue weighted by atomic mass is 9.95. The van der Waals surface area contributed by atoms with E-state index in [1.807, 2.05) is 55.7 Å². The number of hydrogen-bond acceptors (Lipinski definition) is 4. The van der Waals surface area contributed by atoms with Gasteiger partial charge in [-0.25, -0.2) is 0 Å². The van der Waals surface area contributed by atoms with Gasteiger partial charge >= 0.3 is 0 Å². The summed E-state index contributed by atoms with van der Waals surface area (Å²) in [7, 11) is 8.12. The molecule has 7 nitrogen and oxygen atoms in total. The zero-order valence-corrected chi connectivity index (χ0v) is 20.0. The Hall–Kier alpha value is -3.84. The van der Waals surface area contributed by atoms with Crippen molar-refractivity contribution in [3.8, 4) is 0 Å². The van der Waals surface area contributed by atoms with E-state index >= 15 is 0 Å². The number of fused-ring (bicyclic) bond motifs is 2. The first-order chi connectivity index (χ1) is 16.3. The molecule has 2 N–H and O–H groups in total. The van der Waals surface area contributed by atoms with Crippen molar-refractivity contribution in [2.45, 2.75) is 13.0 Å². The van der Waals surface area contributed by atoms with Gasteiger partial charge in [-0.05, 0) is 51.3 Å². The average Bonchev–Trinajstić information content (AvgIpc) is 3.46. The van der Waals surface area contributed by atoms with Crippen LogP contribution in [-0.2, 0) is 16.1 Å². The molecule has 2 aromatic carbocycles. The minimum Gasteiger partial charge on any atom is -0.378 e. The molecule has 0 spiro atoms. The van der Waals surface area contributed by atoms with Crippen LogP contribution >= 0.6 is 0 Å². The minimum absolute atomic E-state index is 0.354. The molecule has 0 atom stereocenters. The molecule has 0 saturated carbocycles. The molecule has 174 valence electrons. The Balaban J connectivity index is 1.74. The van der Waals surface area contributed by atoms with E-state index in [0.717, 1.165) is 58.1 Å². The van der Waals surface area contributed by atoms with Crippen LogP contribution in [0, 0.1) is 0 Å². The highest BCUT2D eigenvalue weighted by atomic mass is 16.2. The summed E-state index contributed by atoms with van der Waals surface area (Å²) in [5.41, 5.74) is 5.40. The lowest BCUT2D eigenvalue weighted by molar-refractivity contribution is -0.122. The fraction of sp³-hybridized carbons (Fsp3) is 0.259. The van der Waals surface area contributed by atoms with Crippen molar-refractivity contribution in [3.05, 3.63) is 66.0 Å². The summed E-state index contributed by atoms with van der Waals surface area (Å²) in [5, 5.41) is 4.43. The van der Waals surface area contributed by atoms with Crippen LogP contribution in [0.25, 0.3) is 33.0 Å². The highest BCUT2D eigenvalue weighted by Gasteiger charge is 2.35. The Labute approximate surface area is 198 Å². The van der Waals surface area contributed by atoms with Crippen LogP contribution in [0.2, 0.25) is 0 Å². The molecule has 1 aliphatic rings. The predicted octanol–water partition coefficient (Wildman–Crippen LogP) is 3.71. The van der Waals surface area contributed by atoms with Crippen LogP contribution < -0.4 is 10.2 Å². The molecule has 0 radical (unpaired) electrons. The van der Waals surface area contributed by atoms with E-state index in [4.69, 9.17) is 0 Å². The van der Waals surface area contributed by atoms with Gasteiger partial charge in [0.15, 0.2) is 0 Å². The van der Waals surface area contributed by atoms with Gasteiger partial charge in [0.05, 0.1) is 11.1 Å². The van der Waals surface area contributed by atoms with Crippen LogP contribution in [-0.4, -0.2) is 61.0 Å². The summed E-state index contributed by atoms with van der Waals surface area (Å²) in [6, 6.07) is 14.1. The molecule has 0 unspecified atom stereocenters. The zero-order chi connectivity index (χ0) is 24.0. The van der Waals surface area contributed by atoms with Gasteiger partial charge in [0.2, 0.25) is 0 Å². The number of aryl methyl sites for hydroxylation is 1. The molecule has 5 rings (SSSR count). The van der Waals surface area contributed by atoms with Crippen molar-refractivity contribution in [2.24, 2.45) is 0 Å². The average molecular weight is 456 g/mol. The Kier molecular flexibility index (Phi) is 5.49.